The molecule has 0 radical (unpaired) electrons. The lowest BCUT2D eigenvalue weighted by molar-refractivity contribution is -0.384. The van der Waals surface area contributed by atoms with Crippen molar-refractivity contribution in [2.75, 3.05) is 7.11 Å². The van der Waals surface area contributed by atoms with Gasteiger partial charge in [-0.15, -0.1) is 0 Å². The van der Waals surface area contributed by atoms with Gasteiger partial charge in [0.25, 0.3) is 11.6 Å². The number of methoxy groups -OCH3 is 1. The van der Waals surface area contributed by atoms with Gasteiger partial charge in [0.1, 0.15) is 11.5 Å². The van der Waals surface area contributed by atoms with Gasteiger partial charge in [0.05, 0.1) is 17.1 Å². The van der Waals surface area contributed by atoms with E-state index in [2.05, 4.69) is 5.32 Å². The molecule has 0 fully saturated rings. The number of carbonyl (C=O) groups excluding carboxylic acids is 1. The van der Waals surface area contributed by atoms with E-state index in [0.29, 0.717) is 6.54 Å². The van der Waals surface area contributed by atoms with Gasteiger partial charge in [-0.05, 0) is 30.7 Å². The normalized spacial score (nSPS) is 11.5. The molecule has 0 aliphatic carbocycles. The summed E-state index contributed by atoms with van der Waals surface area (Å²) in [6, 6.07) is 11.1. The Bertz CT molecular complexity index is 764. The minimum atomic E-state index is -0.808. The third-order valence-corrected chi connectivity index (χ3v) is 3.72. The Hall–Kier alpha value is -2.80. The Kier molecular flexibility index (Phi) is 6.19. The van der Waals surface area contributed by atoms with E-state index in [-0.39, 0.29) is 22.4 Å². The smallest absolute Gasteiger partial charge is 0.271 e. The lowest BCUT2D eigenvalue weighted by Crippen LogP contribution is -2.35. The van der Waals surface area contributed by atoms with E-state index in [4.69, 9.17) is 21.1 Å². The van der Waals surface area contributed by atoms with Gasteiger partial charge in [-0.2, -0.15) is 0 Å². The quantitative estimate of drug-likeness (QED) is 0.601. The average Bonchev–Trinajstić information content (AvgIpc) is 2.61. The maximum atomic E-state index is 12.1. The molecule has 0 saturated heterocycles. The molecule has 0 aliphatic rings. The van der Waals surface area contributed by atoms with Gasteiger partial charge in [0.2, 0.25) is 0 Å². The van der Waals surface area contributed by atoms with Crippen LogP contribution in [0.4, 0.5) is 5.69 Å². The summed E-state index contributed by atoms with van der Waals surface area (Å²) in [5.41, 5.74) is 0.767. The molecule has 0 spiro atoms. The summed E-state index contributed by atoms with van der Waals surface area (Å²) in [5.74, 6) is 0.615. The van der Waals surface area contributed by atoms with Gasteiger partial charge in [-0.3, -0.25) is 14.9 Å². The van der Waals surface area contributed by atoms with Gasteiger partial charge in [-0.1, -0.05) is 23.7 Å². The Morgan fingerprint density at radius 2 is 1.96 bits per heavy atom. The highest BCUT2D eigenvalue weighted by Gasteiger charge is 2.17. The number of carbonyl (C=O) groups is 1. The van der Waals surface area contributed by atoms with Gasteiger partial charge in [-0.25, -0.2) is 0 Å². The SMILES string of the molecule is COc1ccc(CNC(=O)[C@@H](C)Oc2ccc([N+](=O)[O-])cc2Cl)cc1. The lowest BCUT2D eigenvalue weighted by atomic mass is 10.2. The van der Waals surface area contributed by atoms with Crippen molar-refractivity contribution in [2.24, 2.45) is 0 Å². The molecule has 0 unspecified atom stereocenters. The molecule has 0 aromatic heterocycles. The first kappa shape index (κ1) is 18.5. The fraction of sp³-hybridized carbons (Fsp3) is 0.235. The molecular formula is C17H17ClN2O5. The van der Waals surface area contributed by atoms with Gasteiger partial charge >= 0.3 is 0 Å². The topological polar surface area (TPSA) is 90.7 Å². The number of nitro benzene ring substituents is 1. The van der Waals surface area contributed by atoms with E-state index < -0.39 is 11.0 Å². The zero-order valence-corrected chi connectivity index (χ0v) is 14.4. The van der Waals surface area contributed by atoms with Crippen molar-refractivity contribution >= 4 is 23.2 Å². The van der Waals surface area contributed by atoms with E-state index in [1.807, 2.05) is 12.1 Å². The molecule has 0 aliphatic heterocycles. The zero-order valence-electron chi connectivity index (χ0n) is 13.7. The third kappa shape index (κ3) is 5.09. The minimum absolute atomic E-state index is 0.0732. The molecule has 0 saturated carbocycles. The van der Waals surface area contributed by atoms with E-state index in [0.717, 1.165) is 11.3 Å². The lowest BCUT2D eigenvalue weighted by Gasteiger charge is -2.15. The summed E-state index contributed by atoms with van der Waals surface area (Å²) in [7, 11) is 1.58. The Labute approximate surface area is 149 Å². The van der Waals surface area contributed by atoms with Crippen LogP contribution in [0.25, 0.3) is 0 Å². The Morgan fingerprint density at radius 3 is 2.52 bits per heavy atom. The number of halogens is 1. The van der Waals surface area contributed by atoms with Crippen LogP contribution in [0.1, 0.15) is 12.5 Å². The second-order valence-corrected chi connectivity index (χ2v) is 5.60. The van der Waals surface area contributed by atoms with E-state index >= 15 is 0 Å². The molecule has 2 rings (SSSR count). The predicted molar refractivity (Wildman–Crippen MR) is 93.0 cm³/mol. The van der Waals surface area contributed by atoms with Crippen molar-refractivity contribution in [1.82, 2.24) is 5.32 Å². The molecule has 0 heterocycles. The number of nitrogens with zero attached hydrogens (tertiary/aromatic N) is 1. The number of hydrogen-bond donors (Lipinski definition) is 1. The molecule has 1 atom stereocenters. The van der Waals surface area contributed by atoms with E-state index in [1.165, 1.54) is 18.2 Å². The number of amides is 1. The maximum absolute atomic E-state index is 12.1. The van der Waals surface area contributed by atoms with Crippen LogP contribution in [0.2, 0.25) is 5.02 Å². The maximum Gasteiger partial charge on any atom is 0.271 e. The molecule has 1 N–H and O–H groups in total. The number of non-ortho nitro benzene ring substituents is 1. The minimum Gasteiger partial charge on any atom is -0.497 e. The monoisotopic (exact) mass is 364 g/mol. The largest absolute Gasteiger partial charge is 0.497 e. The van der Waals surface area contributed by atoms with Crippen LogP contribution in [0.3, 0.4) is 0 Å². The van der Waals surface area contributed by atoms with Crippen molar-refractivity contribution in [3.63, 3.8) is 0 Å². The van der Waals surface area contributed by atoms with Crippen LogP contribution in [-0.4, -0.2) is 24.0 Å². The molecule has 132 valence electrons. The number of nitrogens with one attached hydrogen (secondary N) is 1. The highest BCUT2D eigenvalue weighted by molar-refractivity contribution is 6.32. The van der Waals surface area contributed by atoms with Crippen molar-refractivity contribution in [2.45, 2.75) is 19.6 Å². The highest BCUT2D eigenvalue weighted by Crippen LogP contribution is 2.29. The molecule has 1 amide bonds. The summed E-state index contributed by atoms with van der Waals surface area (Å²) in [6.07, 6.45) is -0.808. The van der Waals surface area contributed by atoms with Crippen LogP contribution < -0.4 is 14.8 Å². The first-order chi connectivity index (χ1) is 11.9. The number of nitro groups is 1. The number of benzene rings is 2. The van der Waals surface area contributed by atoms with E-state index in [9.17, 15) is 14.9 Å². The number of ether oxygens (including phenoxy) is 2. The third-order valence-electron chi connectivity index (χ3n) is 3.43. The fourth-order valence-corrected chi connectivity index (χ4v) is 2.24. The summed E-state index contributed by atoms with van der Waals surface area (Å²) >= 11 is 5.95. The Morgan fingerprint density at radius 1 is 1.28 bits per heavy atom. The first-order valence-electron chi connectivity index (χ1n) is 7.42. The molecule has 2 aromatic rings. The highest BCUT2D eigenvalue weighted by atomic mass is 35.5. The van der Waals surface area contributed by atoms with Crippen LogP contribution in [-0.2, 0) is 11.3 Å². The standard InChI is InChI=1S/C17H17ClN2O5/c1-11(25-16-8-5-13(20(22)23)9-15(16)18)17(21)19-10-12-3-6-14(24-2)7-4-12/h3-9,11H,10H2,1-2H3,(H,19,21)/t11-/m1/s1. The van der Waals surface area contributed by atoms with Crippen molar-refractivity contribution in [3.8, 4) is 11.5 Å². The average molecular weight is 365 g/mol. The second-order valence-electron chi connectivity index (χ2n) is 5.20. The molecule has 7 nitrogen and oxygen atoms in total. The fourth-order valence-electron chi connectivity index (χ4n) is 2.02. The van der Waals surface area contributed by atoms with Gasteiger partial charge in [0.15, 0.2) is 6.10 Å². The zero-order chi connectivity index (χ0) is 18.4. The second kappa shape index (κ2) is 8.34. The summed E-state index contributed by atoms with van der Waals surface area (Å²) in [5, 5.41) is 13.5. The van der Waals surface area contributed by atoms with Gasteiger partial charge in [0, 0.05) is 18.7 Å². The number of hydrogen-bond acceptors (Lipinski definition) is 5. The van der Waals surface area contributed by atoms with Crippen LogP contribution in [0.5, 0.6) is 11.5 Å². The molecule has 8 heteroatoms. The van der Waals surface area contributed by atoms with Crippen LogP contribution in [0.15, 0.2) is 42.5 Å². The van der Waals surface area contributed by atoms with Gasteiger partial charge < -0.3 is 14.8 Å². The van der Waals surface area contributed by atoms with Crippen LogP contribution >= 0.6 is 11.6 Å². The number of rotatable bonds is 7. The van der Waals surface area contributed by atoms with E-state index in [1.54, 1.807) is 26.2 Å². The molecule has 0 bridgehead atoms. The van der Waals surface area contributed by atoms with Crippen molar-refractivity contribution < 1.29 is 19.2 Å². The first-order valence-corrected chi connectivity index (χ1v) is 7.79. The molecular weight excluding hydrogens is 348 g/mol. The summed E-state index contributed by atoms with van der Waals surface area (Å²) < 4.78 is 10.6. The molecule has 25 heavy (non-hydrogen) atoms. The summed E-state index contributed by atoms with van der Waals surface area (Å²) in [6.45, 7) is 1.91. The van der Waals surface area contributed by atoms with Crippen molar-refractivity contribution in [1.29, 1.82) is 0 Å². The Balaban J connectivity index is 1.92. The van der Waals surface area contributed by atoms with Crippen LogP contribution in [0, 0.1) is 10.1 Å². The molecule has 2 aromatic carbocycles. The predicted octanol–water partition coefficient (Wildman–Crippen LogP) is 3.34. The summed E-state index contributed by atoms with van der Waals surface area (Å²) in [4.78, 5) is 22.3. The van der Waals surface area contributed by atoms with Crippen molar-refractivity contribution in [3.05, 3.63) is 63.2 Å².